The Balaban J connectivity index is 1.80. The molecule has 4 rings (SSSR count). The van der Waals surface area contributed by atoms with Crippen molar-refractivity contribution in [2.45, 2.75) is 12.7 Å². The predicted octanol–water partition coefficient (Wildman–Crippen LogP) is 4.97. The van der Waals surface area contributed by atoms with E-state index in [1.165, 1.54) is 6.07 Å². The number of hydrogen-bond donors (Lipinski definition) is 2. The molecule has 4 aromatic rings. The Morgan fingerprint density at radius 1 is 1.21 bits per heavy atom. The first kappa shape index (κ1) is 18.6. The van der Waals surface area contributed by atoms with Gasteiger partial charge in [-0.2, -0.15) is 13.2 Å². The number of pyridine rings is 1. The van der Waals surface area contributed by atoms with Crippen molar-refractivity contribution in [1.29, 1.82) is 0 Å². The van der Waals surface area contributed by atoms with Crippen LogP contribution in [0.15, 0.2) is 36.5 Å². The average molecular weight is 410 g/mol. The molecule has 3 aromatic heterocycles. The van der Waals surface area contributed by atoms with Crippen molar-refractivity contribution >= 4 is 45.3 Å². The molecule has 3 heterocycles. The van der Waals surface area contributed by atoms with Crippen LogP contribution in [0, 0.1) is 0 Å². The molecule has 0 saturated carbocycles. The van der Waals surface area contributed by atoms with Crippen molar-refractivity contribution in [2.75, 3.05) is 19.0 Å². The lowest BCUT2D eigenvalue weighted by molar-refractivity contribution is -0.137. The number of methoxy groups -OCH3 is 1. The molecule has 0 saturated heterocycles. The summed E-state index contributed by atoms with van der Waals surface area (Å²) < 4.78 is 46.0. The number of benzene rings is 1. The Morgan fingerprint density at radius 3 is 2.79 bits per heavy atom. The van der Waals surface area contributed by atoms with E-state index in [2.05, 4.69) is 20.3 Å². The molecule has 0 unspecified atom stereocenters. The van der Waals surface area contributed by atoms with Gasteiger partial charge in [-0.15, -0.1) is 0 Å². The lowest BCUT2D eigenvalue weighted by Crippen LogP contribution is -2.08. The zero-order valence-electron chi connectivity index (χ0n) is 14.6. The van der Waals surface area contributed by atoms with Gasteiger partial charge in [-0.3, -0.25) is 0 Å². The summed E-state index contributed by atoms with van der Waals surface area (Å²) in [6.45, 7) is 0.788. The van der Waals surface area contributed by atoms with Crippen LogP contribution in [0.25, 0.3) is 22.1 Å². The third-order valence-electron chi connectivity index (χ3n) is 4.33. The first-order chi connectivity index (χ1) is 13.4. The van der Waals surface area contributed by atoms with Gasteiger partial charge in [0.15, 0.2) is 0 Å². The molecule has 146 valence electrons. The van der Waals surface area contributed by atoms with E-state index in [1.54, 1.807) is 30.0 Å². The molecule has 0 fully saturated rings. The molecule has 10 heteroatoms. The summed E-state index contributed by atoms with van der Waals surface area (Å²) in [5.74, 6) is 0.383. The number of anilines is 2. The molecule has 0 aliphatic rings. The highest BCUT2D eigenvalue weighted by atomic mass is 35.5. The number of hydrogen-bond acceptors (Lipinski definition) is 4. The number of ether oxygens (including phenoxy) is 1. The van der Waals surface area contributed by atoms with Gasteiger partial charge in [0, 0.05) is 19.9 Å². The topological polar surface area (TPSA) is 67.8 Å². The number of rotatable bonds is 5. The monoisotopic (exact) mass is 409 g/mol. The van der Waals surface area contributed by atoms with Crippen molar-refractivity contribution in [2.24, 2.45) is 0 Å². The molecule has 0 radical (unpaired) electrons. The zero-order chi connectivity index (χ0) is 19.9. The van der Waals surface area contributed by atoms with E-state index < -0.39 is 11.7 Å². The van der Waals surface area contributed by atoms with Gasteiger partial charge in [-0.1, -0.05) is 11.6 Å². The van der Waals surface area contributed by atoms with Crippen LogP contribution in [0.1, 0.15) is 5.56 Å². The standard InChI is InChI=1S/C18H15ClF3N5O/c1-28-7-6-27-14-4-2-10(18(20,21)22)8-12(14)24-17(27)25-13-9-23-11-3-5-15(19)26-16(11)13/h2-5,8-9,23H,6-7H2,1H3,(H,24,25). The minimum absolute atomic E-state index is 0.235. The van der Waals surface area contributed by atoms with Crippen LogP contribution in [-0.2, 0) is 17.5 Å². The third kappa shape index (κ3) is 3.38. The van der Waals surface area contributed by atoms with Gasteiger partial charge in [0.25, 0.3) is 0 Å². The van der Waals surface area contributed by atoms with E-state index >= 15 is 0 Å². The number of imidazole rings is 1. The lowest BCUT2D eigenvalue weighted by atomic mass is 10.2. The van der Waals surface area contributed by atoms with Crippen molar-refractivity contribution in [3.8, 4) is 0 Å². The number of fused-ring (bicyclic) bond motifs is 2. The second-order valence-electron chi connectivity index (χ2n) is 6.14. The lowest BCUT2D eigenvalue weighted by Gasteiger charge is -2.10. The Labute approximate surface area is 162 Å². The Hall–Kier alpha value is -2.78. The number of nitrogens with zero attached hydrogens (tertiary/aromatic N) is 3. The van der Waals surface area contributed by atoms with Gasteiger partial charge >= 0.3 is 6.18 Å². The highest BCUT2D eigenvalue weighted by molar-refractivity contribution is 6.29. The number of halogens is 4. The van der Waals surface area contributed by atoms with E-state index in [0.717, 1.165) is 17.6 Å². The van der Waals surface area contributed by atoms with E-state index in [1.807, 2.05) is 0 Å². The summed E-state index contributed by atoms with van der Waals surface area (Å²) >= 11 is 5.98. The molecule has 0 amide bonds. The van der Waals surface area contributed by atoms with Crippen molar-refractivity contribution in [3.05, 3.63) is 47.2 Å². The summed E-state index contributed by atoms with van der Waals surface area (Å²) in [4.78, 5) is 11.7. The summed E-state index contributed by atoms with van der Waals surface area (Å²) in [5, 5.41) is 3.47. The maximum atomic E-state index is 13.0. The number of H-pyrrole nitrogens is 1. The predicted molar refractivity (Wildman–Crippen MR) is 101 cm³/mol. The fourth-order valence-corrected chi connectivity index (χ4v) is 3.15. The molecule has 28 heavy (non-hydrogen) atoms. The van der Waals surface area contributed by atoms with Crippen LogP contribution in [0.2, 0.25) is 5.15 Å². The molecule has 0 aliphatic heterocycles. The fourth-order valence-electron chi connectivity index (χ4n) is 3.00. The van der Waals surface area contributed by atoms with E-state index in [9.17, 15) is 13.2 Å². The Kier molecular flexibility index (Phi) is 4.64. The Bertz CT molecular complexity index is 1150. The van der Waals surface area contributed by atoms with Crippen LogP contribution >= 0.6 is 11.6 Å². The summed E-state index contributed by atoms with van der Waals surface area (Å²) in [6, 6.07) is 6.95. The second kappa shape index (κ2) is 6.99. The normalized spacial score (nSPS) is 12.2. The Morgan fingerprint density at radius 2 is 2.04 bits per heavy atom. The SMILES string of the molecule is COCCn1c(Nc2c[nH]c3ccc(Cl)nc23)nc2cc(C(F)(F)F)ccc21. The van der Waals surface area contributed by atoms with Crippen LogP contribution in [0.5, 0.6) is 0 Å². The number of nitrogens with one attached hydrogen (secondary N) is 2. The van der Waals surface area contributed by atoms with Crippen molar-refractivity contribution in [3.63, 3.8) is 0 Å². The van der Waals surface area contributed by atoms with Crippen molar-refractivity contribution in [1.82, 2.24) is 19.5 Å². The van der Waals surface area contributed by atoms with Gasteiger partial charge in [0.05, 0.1) is 34.4 Å². The van der Waals surface area contributed by atoms with Gasteiger partial charge in [0.1, 0.15) is 10.7 Å². The highest BCUT2D eigenvalue weighted by Gasteiger charge is 2.31. The summed E-state index contributed by atoms with van der Waals surface area (Å²) in [6.07, 6.45) is -2.73. The molecular formula is C18H15ClF3N5O. The molecule has 0 bridgehead atoms. The quantitative estimate of drug-likeness (QED) is 0.456. The van der Waals surface area contributed by atoms with Crippen molar-refractivity contribution < 1.29 is 17.9 Å². The molecule has 1 aromatic carbocycles. The van der Waals surface area contributed by atoms with E-state index in [-0.39, 0.29) is 5.52 Å². The fraction of sp³-hybridized carbons (Fsp3) is 0.222. The van der Waals surface area contributed by atoms with Gasteiger partial charge in [-0.05, 0) is 30.3 Å². The van der Waals surface area contributed by atoms with Gasteiger partial charge < -0.3 is 19.6 Å². The zero-order valence-corrected chi connectivity index (χ0v) is 15.4. The largest absolute Gasteiger partial charge is 0.416 e. The minimum Gasteiger partial charge on any atom is -0.383 e. The number of aromatic nitrogens is 4. The first-order valence-corrected chi connectivity index (χ1v) is 8.71. The van der Waals surface area contributed by atoms with E-state index in [0.29, 0.717) is 41.0 Å². The molecule has 0 spiro atoms. The highest BCUT2D eigenvalue weighted by Crippen LogP contribution is 2.33. The molecular weight excluding hydrogens is 395 g/mol. The summed E-state index contributed by atoms with van der Waals surface area (Å²) in [7, 11) is 1.56. The van der Waals surface area contributed by atoms with Crippen LogP contribution in [0.4, 0.5) is 24.8 Å². The summed E-state index contributed by atoms with van der Waals surface area (Å²) in [5.41, 5.74) is 2.04. The molecule has 0 atom stereocenters. The first-order valence-electron chi connectivity index (χ1n) is 8.34. The van der Waals surface area contributed by atoms with Gasteiger partial charge in [-0.25, -0.2) is 9.97 Å². The number of aromatic amines is 1. The van der Waals surface area contributed by atoms with Crippen LogP contribution < -0.4 is 5.32 Å². The van der Waals surface area contributed by atoms with Crippen LogP contribution in [0.3, 0.4) is 0 Å². The van der Waals surface area contributed by atoms with Gasteiger partial charge in [0.2, 0.25) is 5.95 Å². The average Bonchev–Trinajstić information content (AvgIpc) is 3.20. The minimum atomic E-state index is -4.43. The van der Waals surface area contributed by atoms with E-state index in [4.69, 9.17) is 16.3 Å². The third-order valence-corrected chi connectivity index (χ3v) is 4.54. The molecule has 0 aliphatic carbocycles. The second-order valence-corrected chi connectivity index (χ2v) is 6.53. The number of alkyl halides is 3. The maximum absolute atomic E-state index is 13.0. The maximum Gasteiger partial charge on any atom is 0.416 e. The van der Waals surface area contributed by atoms with Crippen LogP contribution in [-0.4, -0.2) is 33.2 Å². The smallest absolute Gasteiger partial charge is 0.383 e. The molecule has 2 N–H and O–H groups in total. The molecule has 6 nitrogen and oxygen atoms in total.